The number of aromatic nitrogens is 1. The molecule has 2 saturated carbocycles. The summed E-state index contributed by atoms with van der Waals surface area (Å²) >= 11 is 0. The number of carbonyl (C=O) groups is 2. The van der Waals surface area contributed by atoms with Crippen molar-refractivity contribution in [1.82, 2.24) is 4.98 Å². The van der Waals surface area contributed by atoms with Crippen LogP contribution in [-0.2, 0) is 15.9 Å². The molecule has 0 N–H and O–H groups in total. The molecule has 2 aromatic carbocycles. The van der Waals surface area contributed by atoms with E-state index < -0.39 is 18.2 Å². The van der Waals surface area contributed by atoms with E-state index in [0.29, 0.717) is 17.4 Å². The van der Waals surface area contributed by atoms with Crippen molar-refractivity contribution in [3.05, 3.63) is 101 Å². The zero-order valence-corrected chi connectivity index (χ0v) is 17.5. The molecule has 5 unspecified atom stereocenters. The maximum absolute atomic E-state index is 12.9. The Hall–Kier alpha value is -3.47. The van der Waals surface area contributed by atoms with Crippen molar-refractivity contribution in [2.24, 2.45) is 17.8 Å². The highest BCUT2D eigenvalue weighted by Gasteiger charge is 2.63. The predicted octanol–water partition coefficient (Wildman–Crippen LogP) is 4.44. The number of ether oxygens (including phenoxy) is 2. The molecule has 3 aliphatic carbocycles. The zero-order chi connectivity index (χ0) is 21.7. The van der Waals surface area contributed by atoms with Crippen molar-refractivity contribution in [2.45, 2.75) is 31.0 Å². The maximum atomic E-state index is 12.9. The van der Waals surface area contributed by atoms with Crippen LogP contribution in [0.15, 0.2) is 79.0 Å². The number of esters is 2. The van der Waals surface area contributed by atoms with E-state index in [4.69, 9.17) is 9.47 Å². The van der Waals surface area contributed by atoms with Gasteiger partial charge in [-0.05, 0) is 60.1 Å². The van der Waals surface area contributed by atoms with Gasteiger partial charge >= 0.3 is 11.9 Å². The molecular weight excluding hydrogens is 402 g/mol. The fourth-order valence-corrected chi connectivity index (χ4v) is 6.20. The van der Waals surface area contributed by atoms with Crippen molar-refractivity contribution in [2.75, 3.05) is 0 Å². The summed E-state index contributed by atoms with van der Waals surface area (Å²) in [6, 6.07) is 22.7. The van der Waals surface area contributed by atoms with E-state index in [1.807, 2.05) is 18.2 Å². The number of pyridine rings is 1. The van der Waals surface area contributed by atoms with Crippen molar-refractivity contribution in [1.29, 1.82) is 0 Å². The van der Waals surface area contributed by atoms with Crippen LogP contribution < -0.4 is 0 Å². The molecule has 6 rings (SSSR count). The second kappa shape index (κ2) is 7.59. The highest BCUT2D eigenvalue weighted by atomic mass is 16.6. The van der Waals surface area contributed by atoms with Gasteiger partial charge in [0.25, 0.3) is 0 Å². The Labute approximate surface area is 186 Å². The summed E-state index contributed by atoms with van der Waals surface area (Å²) in [6.45, 7) is 0. The first kappa shape index (κ1) is 19.2. The molecule has 0 aliphatic heterocycles. The predicted molar refractivity (Wildman–Crippen MR) is 117 cm³/mol. The van der Waals surface area contributed by atoms with Gasteiger partial charge < -0.3 is 9.47 Å². The number of nitrogens with zero attached hydrogens (tertiary/aromatic N) is 1. The fourth-order valence-electron chi connectivity index (χ4n) is 6.20. The first-order valence-corrected chi connectivity index (χ1v) is 11.2. The summed E-state index contributed by atoms with van der Waals surface area (Å²) in [5.74, 6) is 0.225. The van der Waals surface area contributed by atoms with Crippen molar-refractivity contribution in [3.63, 3.8) is 0 Å². The van der Waals surface area contributed by atoms with Gasteiger partial charge in [-0.1, -0.05) is 48.5 Å². The monoisotopic (exact) mass is 425 g/mol. The minimum Gasteiger partial charge on any atom is -0.455 e. The second-order valence-corrected chi connectivity index (χ2v) is 8.98. The summed E-state index contributed by atoms with van der Waals surface area (Å²) in [7, 11) is 0. The van der Waals surface area contributed by atoms with Crippen LogP contribution in [0.4, 0.5) is 0 Å². The lowest BCUT2D eigenvalue weighted by molar-refractivity contribution is -0.0700. The van der Waals surface area contributed by atoms with Crippen molar-refractivity contribution in [3.8, 4) is 0 Å². The highest BCUT2D eigenvalue weighted by molar-refractivity contribution is 5.89. The number of hydrogen-bond acceptors (Lipinski definition) is 5. The van der Waals surface area contributed by atoms with Crippen LogP contribution in [0.25, 0.3) is 0 Å². The Kier molecular flexibility index (Phi) is 4.56. The lowest BCUT2D eigenvalue weighted by Crippen LogP contribution is -2.45. The molecule has 3 aromatic rings. The molecule has 6 atom stereocenters. The molecule has 0 radical (unpaired) electrons. The largest absolute Gasteiger partial charge is 0.455 e. The molecule has 1 heterocycles. The van der Waals surface area contributed by atoms with E-state index in [-0.39, 0.29) is 23.5 Å². The van der Waals surface area contributed by atoms with E-state index in [0.717, 1.165) is 12.8 Å². The first-order valence-electron chi connectivity index (χ1n) is 11.2. The molecule has 5 heteroatoms. The Morgan fingerprint density at radius 1 is 0.750 bits per heavy atom. The van der Waals surface area contributed by atoms with Crippen molar-refractivity contribution >= 4 is 11.9 Å². The van der Waals surface area contributed by atoms with Gasteiger partial charge in [0.1, 0.15) is 17.9 Å². The molecule has 1 aromatic heterocycles. The second-order valence-electron chi connectivity index (χ2n) is 8.98. The maximum Gasteiger partial charge on any atom is 0.357 e. The van der Waals surface area contributed by atoms with Gasteiger partial charge in [-0.2, -0.15) is 0 Å². The average Bonchev–Trinajstić information content (AvgIpc) is 3.50. The van der Waals surface area contributed by atoms with Crippen LogP contribution in [0, 0.1) is 17.8 Å². The molecule has 0 saturated heterocycles. The third-order valence-electron chi connectivity index (χ3n) is 7.42. The molecular formula is C27H23NO4. The Morgan fingerprint density at radius 3 is 2.28 bits per heavy atom. The molecule has 2 fully saturated rings. The Bertz CT molecular complexity index is 1160. The molecule has 0 amide bonds. The molecule has 0 spiro atoms. The average molecular weight is 425 g/mol. The number of carbonyl (C=O) groups excluding carboxylic acids is 2. The summed E-state index contributed by atoms with van der Waals surface area (Å²) in [5.41, 5.74) is 3.50. The number of hydrogen-bond donors (Lipinski definition) is 0. The molecule has 3 aliphatic rings. The number of rotatable bonds is 4. The van der Waals surface area contributed by atoms with Crippen LogP contribution in [0.2, 0.25) is 0 Å². The van der Waals surface area contributed by atoms with Crippen LogP contribution in [0.5, 0.6) is 0 Å². The smallest absolute Gasteiger partial charge is 0.357 e. The number of fused-ring (bicyclic) bond motifs is 7. The minimum atomic E-state index is -0.477. The van der Waals surface area contributed by atoms with Crippen LogP contribution >= 0.6 is 0 Å². The van der Waals surface area contributed by atoms with Crippen LogP contribution in [0.3, 0.4) is 0 Å². The Balaban J connectivity index is 1.32. The molecule has 32 heavy (non-hydrogen) atoms. The zero-order valence-electron chi connectivity index (χ0n) is 17.5. The SMILES string of the molecule is O=C(OC1C2C[C@@H](C1OC(=O)c1ccccn1)C1c3ccccc3CC21)c1ccccc1. The standard InChI is InChI=1S/C27H23NO4/c29-26(16-8-2-1-3-9-16)31-24-20-15-21(23-18-11-5-4-10-17(18)14-19(20)23)25(24)32-27(30)22-12-6-7-13-28-22/h1-13,19-21,23-25H,14-15H2/t19?,20?,21-,23?,24?,25?/m1/s1. The third kappa shape index (κ3) is 3.03. The van der Waals surface area contributed by atoms with Gasteiger partial charge in [0.15, 0.2) is 0 Å². The van der Waals surface area contributed by atoms with Crippen LogP contribution in [0.1, 0.15) is 44.3 Å². The molecule has 160 valence electrons. The highest BCUT2D eigenvalue weighted by Crippen LogP contribution is 2.62. The topological polar surface area (TPSA) is 65.5 Å². The van der Waals surface area contributed by atoms with E-state index in [1.54, 1.807) is 36.5 Å². The quantitative estimate of drug-likeness (QED) is 0.579. The summed E-state index contributed by atoms with van der Waals surface area (Å²) < 4.78 is 12.1. The minimum absolute atomic E-state index is 0.134. The van der Waals surface area contributed by atoms with Gasteiger partial charge in [0.2, 0.25) is 0 Å². The number of benzene rings is 2. The molecule has 5 nitrogen and oxygen atoms in total. The van der Waals surface area contributed by atoms with E-state index in [2.05, 4.69) is 29.2 Å². The van der Waals surface area contributed by atoms with E-state index in [9.17, 15) is 9.59 Å². The first-order chi connectivity index (χ1) is 15.7. The van der Waals surface area contributed by atoms with E-state index >= 15 is 0 Å². The summed E-state index contributed by atoms with van der Waals surface area (Å²) in [6.07, 6.45) is 2.54. The van der Waals surface area contributed by atoms with Gasteiger partial charge in [0.05, 0.1) is 5.56 Å². The van der Waals surface area contributed by atoms with Crippen LogP contribution in [-0.4, -0.2) is 29.1 Å². The lowest BCUT2D eigenvalue weighted by Gasteiger charge is -2.37. The van der Waals surface area contributed by atoms with Gasteiger partial charge in [-0.25, -0.2) is 14.6 Å². The van der Waals surface area contributed by atoms with E-state index in [1.165, 1.54) is 11.1 Å². The molecule has 2 bridgehead atoms. The van der Waals surface area contributed by atoms with Gasteiger partial charge in [0, 0.05) is 18.0 Å². The normalized spacial score (nSPS) is 29.2. The van der Waals surface area contributed by atoms with Gasteiger partial charge in [-0.15, -0.1) is 0 Å². The fraction of sp³-hybridized carbons (Fsp3) is 0.296. The van der Waals surface area contributed by atoms with Crippen molar-refractivity contribution < 1.29 is 19.1 Å². The third-order valence-corrected chi connectivity index (χ3v) is 7.42. The Morgan fingerprint density at radius 2 is 1.47 bits per heavy atom. The lowest BCUT2D eigenvalue weighted by atomic mass is 9.76. The summed E-state index contributed by atoms with van der Waals surface area (Å²) in [4.78, 5) is 29.9. The summed E-state index contributed by atoms with van der Waals surface area (Å²) in [5, 5.41) is 0. The van der Waals surface area contributed by atoms with Gasteiger partial charge in [-0.3, -0.25) is 0 Å².